The number of aromatic nitrogens is 3. The first-order valence-electron chi connectivity index (χ1n) is 13.4. The number of carbonyl (C=O) groups is 1. The molecule has 0 radical (unpaired) electrons. The molecule has 8 heteroatoms. The Morgan fingerprint density at radius 3 is 2.25 bits per heavy atom. The zero-order chi connectivity index (χ0) is 29.2. The fourth-order valence-electron chi connectivity index (χ4n) is 4.82. The second-order valence-corrected chi connectivity index (χ2v) is 11.4. The van der Waals surface area contributed by atoms with Crippen LogP contribution in [0.1, 0.15) is 64.6 Å². The predicted octanol–water partition coefficient (Wildman–Crippen LogP) is 6.38. The highest BCUT2D eigenvalue weighted by atomic mass is 19.1. The van der Waals surface area contributed by atoms with Gasteiger partial charge in [0, 0.05) is 23.1 Å². The Kier molecular flexibility index (Phi) is 8.51. The summed E-state index contributed by atoms with van der Waals surface area (Å²) in [5.41, 5.74) is 5.03. The van der Waals surface area contributed by atoms with Crippen LogP contribution in [0.3, 0.4) is 0 Å². The van der Waals surface area contributed by atoms with Crippen molar-refractivity contribution < 1.29 is 24.5 Å². The molecular weight excluding hydrogens is 509 g/mol. The van der Waals surface area contributed by atoms with E-state index in [0.29, 0.717) is 5.65 Å². The molecule has 4 aromatic rings. The Bertz CT molecular complexity index is 1520. The van der Waals surface area contributed by atoms with E-state index in [-0.39, 0.29) is 23.7 Å². The zero-order valence-corrected chi connectivity index (χ0v) is 23.5. The van der Waals surface area contributed by atoms with Crippen molar-refractivity contribution in [1.82, 2.24) is 14.8 Å². The number of hydrogen-bond donors (Lipinski definition) is 3. The van der Waals surface area contributed by atoms with Gasteiger partial charge in [0.2, 0.25) is 0 Å². The summed E-state index contributed by atoms with van der Waals surface area (Å²) in [5.74, 6) is -1.50. The molecule has 7 nitrogen and oxygen atoms in total. The summed E-state index contributed by atoms with van der Waals surface area (Å²) >= 11 is 0. The van der Waals surface area contributed by atoms with E-state index in [2.05, 4.69) is 20.8 Å². The maximum Gasteiger partial charge on any atom is 0.305 e. The van der Waals surface area contributed by atoms with Gasteiger partial charge in [-0.05, 0) is 44.4 Å². The van der Waals surface area contributed by atoms with E-state index in [1.165, 1.54) is 12.1 Å². The number of carboxylic acids is 1. The minimum Gasteiger partial charge on any atom is -0.481 e. The van der Waals surface area contributed by atoms with Gasteiger partial charge in [0.1, 0.15) is 11.5 Å². The standard InChI is InChI=1S/C32H36FN3O4/c1-19(2)29-25(16-15-23(37)17-24(38)18-26(39)40)27(20-11-13-22(33)14-12-20)28-30(21-9-7-6-8-10-21)35-36(31(28)34-29)32(3,4)5/h6-16,19,23-24,37-38H,17-18H2,1-5H3,(H,39,40)/b16-15+. The quantitative estimate of drug-likeness (QED) is 0.225. The molecule has 0 aliphatic rings. The molecule has 2 aromatic carbocycles. The zero-order valence-electron chi connectivity index (χ0n) is 23.5. The number of nitrogens with zero attached hydrogens (tertiary/aromatic N) is 3. The molecule has 0 saturated carbocycles. The number of benzene rings is 2. The molecule has 3 N–H and O–H groups in total. The normalized spacial score (nSPS) is 13.8. The van der Waals surface area contributed by atoms with Gasteiger partial charge in [-0.15, -0.1) is 0 Å². The molecule has 0 fully saturated rings. The first kappa shape index (κ1) is 29.1. The molecule has 2 heterocycles. The molecule has 0 saturated heterocycles. The van der Waals surface area contributed by atoms with Crippen LogP contribution in [0.5, 0.6) is 0 Å². The van der Waals surface area contributed by atoms with Crippen LogP contribution < -0.4 is 0 Å². The molecule has 2 unspecified atom stereocenters. The van der Waals surface area contributed by atoms with Gasteiger partial charge in [-0.25, -0.2) is 14.1 Å². The van der Waals surface area contributed by atoms with Gasteiger partial charge in [0.05, 0.1) is 35.2 Å². The monoisotopic (exact) mass is 545 g/mol. The summed E-state index contributed by atoms with van der Waals surface area (Å²) in [6.07, 6.45) is 0.456. The van der Waals surface area contributed by atoms with Crippen LogP contribution in [0.15, 0.2) is 60.7 Å². The highest BCUT2D eigenvalue weighted by Crippen LogP contribution is 2.42. The van der Waals surface area contributed by atoms with Crippen molar-refractivity contribution in [1.29, 1.82) is 0 Å². The lowest BCUT2D eigenvalue weighted by Gasteiger charge is -2.22. The van der Waals surface area contributed by atoms with E-state index in [4.69, 9.17) is 15.2 Å². The Morgan fingerprint density at radius 1 is 1.02 bits per heavy atom. The van der Waals surface area contributed by atoms with Crippen molar-refractivity contribution in [3.8, 4) is 22.4 Å². The number of aliphatic hydroxyl groups is 2. The number of hydrogen-bond acceptors (Lipinski definition) is 5. The van der Waals surface area contributed by atoms with Crippen LogP contribution in [0, 0.1) is 5.82 Å². The van der Waals surface area contributed by atoms with Gasteiger partial charge < -0.3 is 15.3 Å². The van der Waals surface area contributed by atoms with E-state index in [1.54, 1.807) is 24.3 Å². The van der Waals surface area contributed by atoms with Crippen LogP contribution in [0.2, 0.25) is 0 Å². The molecule has 40 heavy (non-hydrogen) atoms. The Balaban J connectivity index is 2.06. The number of fused-ring (bicyclic) bond motifs is 1. The number of pyridine rings is 1. The minimum absolute atomic E-state index is 0.0125. The third-order valence-corrected chi connectivity index (χ3v) is 6.65. The Labute approximate surface area is 233 Å². The summed E-state index contributed by atoms with van der Waals surface area (Å²) in [4.78, 5) is 16.1. The van der Waals surface area contributed by atoms with E-state index < -0.39 is 24.6 Å². The van der Waals surface area contributed by atoms with Crippen LogP contribution in [0.4, 0.5) is 4.39 Å². The SMILES string of the molecule is CC(C)c1nc2c(c(-c3ccccc3)nn2C(C)(C)C)c(-c2ccc(F)cc2)c1/C=C/C(O)CC(O)CC(=O)O. The van der Waals surface area contributed by atoms with Gasteiger partial charge in [-0.1, -0.05) is 68.5 Å². The third-order valence-electron chi connectivity index (χ3n) is 6.65. The van der Waals surface area contributed by atoms with Crippen molar-refractivity contribution >= 4 is 23.1 Å². The Morgan fingerprint density at radius 2 is 1.68 bits per heavy atom. The predicted molar refractivity (Wildman–Crippen MR) is 155 cm³/mol. The Hall–Kier alpha value is -3.88. The summed E-state index contributed by atoms with van der Waals surface area (Å²) in [7, 11) is 0. The molecule has 0 aliphatic carbocycles. The first-order chi connectivity index (χ1) is 18.9. The molecule has 0 spiro atoms. The molecule has 2 aromatic heterocycles. The van der Waals surface area contributed by atoms with E-state index in [1.807, 2.05) is 48.9 Å². The largest absolute Gasteiger partial charge is 0.481 e. The second kappa shape index (κ2) is 11.7. The lowest BCUT2D eigenvalue weighted by molar-refractivity contribution is -0.139. The summed E-state index contributed by atoms with van der Waals surface area (Å²) in [5, 5.41) is 35.5. The number of carboxylic acid groups (broad SMARTS) is 1. The number of aliphatic carboxylic acids is 1. The second-order valence-electron chi connectivity index (χ2n) is 11.4. The topological polar surface area (TPSA) is 108 Å². The van der Waals surface area contributed by atoms with Crippen molar-refractivity contribution in [3.05, 3.63) is 77.7 Å². The molecule has 210 valence electrons. The number of rotatable bonds is 9. The maximum absolute atomic E-state index is 14.1. The lowest BCUT2D eigenvalue weighted by Crippen LogP contribution is -2.23. The van der Waals surface area contributed by atoms with E-state index in [9.17, 15) is 19.4 Å². The molecule has 2 atom stereocenters. The molecule has 4 rings (SSSR count). The number of aliphatic hydroxyl groups excluding tert-OH is 2. The lowest BCUT2D eigenvalue weighted by atomic mass is 9.90. The highest BCUT2D eigenvalue weighted by Gasteiger charge is 2.28. The van der Waals surface area contributed by atoms with Gasteiger partial charge in [0.25, 0.3) is 0 Å². The smallest absolute Gasteiger partial charge is 0.305 e. The van der Waals surface area contributed by atoms with Crippen molar-refractivity contribution in [2.24, 2.45) is 0 Å². The summed E-state index contributed by atoms with van der Waals surface area (Å²) < 4.78 is 16.0. The van der Waals surface area contributed by atoms with Crippen molar-refractivity contribution in [3.63, 3.8) is 0 Å². The molecule has 0 amide bonds. The molecular formula is C32H36FN3O4. The summed E-state index contributed by atoms with van der Waals surface area (Å²) in [6, 6.07) is 16.1. The van der Waals surface area contributed by atoms with Gasteiger partial charge in [-0.3, -0.25) is 4.79 Å². The first-order valence-corrected chi connectivity index (χ1v) is 13.4. The third kappa shape index (κ3) is 6.29. The minimum atomic E-state index is -1.19. The van der Waals surface area contributed by atoms with Gasteiger partial charge >= 0.3 is 5.97 Å². The van der Waals surface area contributed by atoms with Gasteiger partial charge in [0.15, 0.2) is 5.65 Å². The molecule has 0 bridgehead atoms. The van der Waals surface area contributed by atoms with Crippen LogP contribution in [-0.2, 0) is 10.3 Å². The fourth-order valence-corrected chi connectivity index (χ4v) is 4.82. The summed E-state index contributed by atoms with van der Waals surface area (Å²) in [6.45, 7) is 10.3. The van der Waals surface area contributed by atoms with Crippen molar-refractivity contribution in [2.75, 3.05) is 0 Å². The maximum atomic E-state index is 14.1. The van der Waals surface area contributed by atoms with Crippen LogP contribution in [-0.4, -0.2) is 48.3 Å². The van der Waals surface area contributed by atoms with Gasteiger partial charge in [-0.2, -0.15) is 5.10 Å². The van der Waals surface area contributed by atoms with Crippen LogP contribution in [0.25, 0.3) is 39.5 Å². The average molecular weight is 546 g/mol. The molecule has 0 aliphatic heterocycles. The van der Waals surface area contributed by atoms with E-state index in [0.717, 1.165) is 39.0 Å². The fraction of sp³-hybridized carbons (Fsp3) is 0.344. The highest BCUT2D eigenvalue weighted by molar-refractivity contribution is 6.06. The average Bonchev–Trinajstić information content (AvgIpc) is 3.27. The van der Waals surface area contributed by atoms with Crippen molar-refractivity contribution in [2.45, 2.75) is 71.1 Å². The van der Waals surface area contributed by atoms with Crippen LogP contribution >= 0.6 is 0 Å². The number of halogens is 1. The van der Waals surface area contributed by atoms with E-state index >= 15 is 0 Å².